The average Bonchev–Trinajstić information content (AvgIpc) is 2.49. The quantitative estimate of drug-likeness (QED) is 0.808. The summed E-state index contributed by atoms with van der Waals surface area (Å²) in [6, 6.07) is 7.84. The van der Waals surface area contributed by atoms with Crippen LogP contribution in [-0.2, 0) is 4.74 Å². The topological polar surface area (TPSA) is 41.9 Å². The number of methoxy groups -OCH3 is 1. The summed E-state index contributed by atoms with van der Waals surface area (Å²) in [6.45, 7) is 2.43. The first-order valence-corrected chi connectivity index (χ1v) is 6.95. The van der Waals surface area contributed by atoms with Crippen molar-refractivity contribution in [3.8, 4) is 5.75 Å². The van der Waals surface area contributed by atoms with E-state index in [0.717, 1.165) is 30.9 Å². The predicted molar refractivity (Wildman–Crippen MR) is 79.0 cm³/mol. The Morgan fingerprint density at radius 3 is 2.65 bits per heavy atom. The van der Waals surface area contributed by atoms with Crippen LogP contribution in [0.4, 0.5) is 0 Å². The highest BCUT2D eigenvalue weighted by Gasteiger charge is 2.18. The number of nitrogens with zero attached hydrogens (tertiary/aromatic N) is 1. The summed E-state index contributed by atoms with van der Waals surface area (Å²) in [5.74, 6) is 0.830. The molecule has 1 aliphatic rings. The highest BCUT2D eigenvalue weighted by atomic mass is 16.5. The van der Waals surface area contributed by atoms with Crippen molar-refractivity contribution < 1.29 is 14.6 Å². The second-order valence-corrected chi connectivity index (χ2v) is 5.09. The lowest BCUT2D eigenvalue weighted by Gasteiger charge is -2.28. The van der Waals surface area contributed by atoms with E-state index in [-0.39, 0.29) is 12.6 Å². The standard InChI is InChI=1S/C16H23NO3/c1-17(10-13-4-3-9-20-12-13)16(11-18)14-5-7-15(19-2)8-6-14/h4-8,16,18H,3,9-12H2,1-2H3. The van der Waals surface area contributed by atoms with Crippen molar-refractivity contribution in [1.82, 2.24) is 4.90 Å². The van der Waals surface area contributed by atoms with Crippen LogP contribution >= 0.6 is 0 Å². The monoisotopic (exact) mass is 277 g/mol. The number of hydrogen-bond donors (Lipinski definition) is 1. The molecule has 2 rings (SSSR count). The average molecular weight is 277 g/mol. The Hall–Kier alpha value is -1.36. The maximum absolute atomic E-state index is 9.68. The van der Waals surface area contributed by atoms with Crippen LogP contribution in [0.5, 0.6) is 5.75 Å². The molecular weight excluding hydrogens is 254 g/mol. The van der Waals surface area contributed by atoms with Crippen LogP contribution in [0.2, 0.25) is 0 Å². The number of aliphatic hydroxyl groups excluding tert-OH is 1. The van der Waals surface area contributed by atoms with E-state index in [4.69, 9.17) is 9.47 Å². The van der Waals surface area contributed by atoms with Crippen LogP contribution in [0.25, 0.3) is 0 Å². The van der Waals surface area contributed by atoms with E-state index >= 15 is 0 Å². The van der Waals surface area contributed by atoms with Gasteiger partial charge in [0.05, 0.1) is 33.0 Å². The molecule has 0 aromatic heterocycles. The van der Waals surface area contributed by atoms with Gasteiger partial charge in [0.2, 0.25) is 0 Å². The van der Waals surface area contributed by atoms with Gasteiger partial charge in [0.25, 0.3) is 0 Å². The van der Waals surface area contributed by atoms with Gasteiger partial charge < -0.3 is 14.6 Å². The molecule has 1 atom stereocenters. The molecule has 1 heterocycles. The molecule has 4 nitrogen and oxygen atoms in total. The van der Waals surface area contributed by atoms with Gasteiger partial charge in [-0.15, -0.1) is 0 Å². The Kier molecular flexibility index (Phi) is 5.59. The highest BCUT2D eigenvalue weighted by Crippen LogP contribution is 2.23. The highest BCUT2D eigenvalue weighted by molar-refractivity contribution is 5.29. The molecule has 1 aliphatic heterocycles. The first kappa shape index (κ1) is 15.0. The molecule has 0 bridgehead atoms. The van der Waals surface area contributed by atoms with E-state index in [0.29, 0.717) is 6.61 Å². The van der Waals surface area contributed by atoms with E-state index in [9.17, 15) is 5.11 Å². The Morgan fingerprint density at radius 2 is 2.10 bits per heavy atom. The number of ether oxygens (including phenoxy) is 2. The SMILES string of the molecule is COc1ccc(C(CO)N(C)CC2=CCCOC2)cc1. The summed E-state index contributed by atoms with van der Waals surface area (Å²) in [5.41, 5.74) is 2.37. The number of benzene rings is 1. The predicted octanol–water partition coefficient (Wildman–Crippen LogP) is 2.01. The van der Waals surface area contributed by atoms with Crippen LogP contribution in [0.3, 0.4) is 0 Å². The van der Waals surface area contributed by atoms with Gasteiger partial charge in [-0.25, -0.2) is 0 Å². The fourth-order valence-electron chi connectivity index (χ4n) is 2.47. The molecule has 0 radical (unpaired) electrons. The minimum absolute atomic E-state index is 0.0104. The van der Waals surface area contributed by atoms with Crippen LogP contribution in [-0.4, -0.2) is 50.5 Å². The van der Waals surface area contributed by atoms with E-state index in [1.807, 2.05) is 31.3 Å². The maximum Gasteiger partial charge on any atom is 0.118 e. The van der Waals surface area contributed by atoms with Crippen LogP contribution in [0, 0.1) is 0 Å². The van der Waals surface area contributed by atoms with Crippen molar-refractivity contribution in [2.45, 2.75) is 12.5 Å². The molecule has 0 aliphatic carbocycles. The van der Waals surface area contributed by atoms with Crippen molar-refractivity contribution in [2.75, 3.05) is 40.5 Å². The minimum Gasteiger partial charge on any atom is -0.497 e. The Labute approximate surface area is 120 Å². The molecule has 0 amide bonds. The van der Waals surface area contributed by atoms with Crippen molar-refractivity contribution in [3.05, 3.63) is 41.5 Å². The molecule has 1 aromatic carbocycles. The summed E-state index contributed by atoms with van der Waals surface area (Å²) in [4.78, 5) is 2.16. The maximum atomic E-state index is 9.68. The Morgan fingerprint density at radius 1 is 1.35 bits per heavy atom. The van der Waals surface area contributed by atoms with Gasteiger partial charge in [-0.2, -0.15) is 0 Å². The van der Waals surface area contributed by atoms with Gasteiger partial charge in [0, 0.05) is 6.54 Å². The third-order valence-electron chi connectivity index (χ3n) is 3.64. The molecule has 1 N–H and O–H groups in total. The van der Waals surface area contributed by atoms with Gasteiger partial charge >= 0.3 is 0 Å². The molecular formula is C16H23NO3. The fraction of sp³-hybridized carbons (Fsp3) is 0.500. The largest absolute Gasteiger partial charge is 0.497 e. The summed E-state index contributed by atoms with van der Waals surface area (Å²) in [6.07, 6.45) is 3.22. The van der Waals surface area contributed by atoms with E-state index in [1.54, 1.807) is 7.11 Å². The molecule has 20 heavy (non-hydrogen) atoms. The van der Waals surface area contributed by atoms with Crippen molar-refractivity contribution in [2.24, 2.45) is 0 Å². The number of aliphatic hydroxyl groups is 1. The number of likely N-dealkylation sites (N-methyl/N-ethyl adjacent to an activating group) is 1. The lowest BCUT2D eigenvalue weighted by molar-refractivity contribution is 0.126. The first-order chi connectivity index (χ1) is 9.74. The molecule has 0 fully saturated rings. The number of hydrogen-bond acceptors (Lipinski definition) is 4. The third kappa shape index (κ3) is 3.82. The third-order valence-corrected chi connectivity index (χ3v) is 3.64. The summed E-state index contributed by atoms with van der Waals surface area (Å²) in [7, 11) is 3.68. The van der Waals surface area contributed by atoms with Gasteiger partial charge in [0.15, 0.2) is 0 Å². The fourth-order valence-corrected chi connectivity index (χ4v) is 2.47. The second-order valence-electron chi connectivity index (χ2n) is 5.09. The lowest BCUT2D eigenvalue weighted by Crippen LogP contribution is -2.30. The number of rotatable bonds is 6. The van der Waals surface area contributed by atoms with Crippen molar-refractivity contribution in [1.29, 1.82) is 0 Å². The second kappa shape index (κ2) is 7.43. The van der Waals surface area contributed by atoms with Crippen molar-refractivity contribution >= 4 is 0 Å². The lowest BCUT2D eigenvalue weighted by atomic mass is 10.0. The van der Waals surface area contributed by atoms with Gasteiger partial charge in [-0.05, 0) is 36.7 Å². The van der Waals surface area contributed by atoms with Gasteiger partial charge in [-0.3, -0.25) is 4.90 Å². The first-order valence-electron chi connectivity index (χ1n) is 6.95. The summed E-state index contributed by atoms with van der Waals surface area (Å²) >= 11 is 0. The molecule has 1 unspecified atom stereocenters. The van der Waals surface area contributed by atoms with Crippen LogP contribution < -0.4 is 4.74 Å². The zero-order chi connectivity index (χ0) is 14.4. The molecule has 0 saturated carbocycles. The van der Waals surface area contributed by atoms with Gasteiger partial charge in [0.1, 0.15) is 5.75 Å². The molecule has 0 spiro atoms. The zero-order valence-corrected chi connectivity index (χ0v) is 12.2. The molecule has 4 heteroatoms. The minimum atomic E-state index is -0.0104. The van der Waals surface area contributed by atoms with Crippen molar-refractivity contribution in [3.63, 3.8) is 0 Å². The van der Waals surface area contributed by atoms with Gasteiger partial charge in [-0.1, -0.05) is 18.2 Å². The molecule has 110 valence electrons. The van der Waals surface area contributed by atoms with Crippen LogP contribution in [0.15, 0.2) is 35.9 Å². The zero-order valence-electron chi connectivity index (χ0n) is 12.2. The van der Waals surface area contributed by atoms with E-state index < -0.39 is 0 Å². The summed E-state index contributed by atoms with van der Waals surface area (Å²) in [5, 5.41) is 9.68. The molecule has 1 aromatic rings. The molecule has 0 saturated heterocycles. The Bertz CT molecular complexity index is 442. The van der Waals surface area contributed by atoms with Crippen LogP contribution in [0.1, 0.15) is 18.0 Å². The smallest absolute Gasteiger partial charge is 0.118 e. The summed E-state index contributed by atoms with van der Waals surface area (Å²) < 4.78 is 10.6. The van der Waals surface area contributed by atoms with E-state index in [1.165, 1.54) is 5.57 Å². The van der Waals surface area contributed by atoms with E-state index in [2.05, 4.69) is 11.0 Å². The normalized spacial score (nSPS) is 16.9. The Balaban J connectivity index is 2.03.